The van der Waals surface area contributed by atoms with E-state index in [9.17, 15) is 0 Å². The summed E-state index contributed by atoms with van der Waals surface area (Å²) in [5.74, 6) is 0. The largest absolute Gasteiger partial charge is 0.306 e. The highest BCUT2D eigenvalue weighted by atomic mass is 35.5. The van der Waals surface area contributed by atoms with Crippen molar-refractivity contribution in [1.29, 1.82) is 0 Å². The van der Waals surface area contributed by atoms with Crippen molar-refractivity contribution < 1.29 is 0 Å². The summed E-state index contributed by atoms with van der Waals surface area (Å²) in [5, 5.41) is 4.27. The summed E-state index contributed by atoms with van der Waals surface area (Å²) < 4.78 is 0. The van der Waals surface area contributed by atoms with Gasteiger partial charge in [0.05, 0.1) is 6.04 Å². The quantitative estimate of drug-likeness (QED) is 0.910. The zero-order valence-electron chi connectivity index (χ0n) is 11.6. The van der Waals surface area contributed by atoms with Gasteiger partial charge in [0.25, 0.3) is 0 Å². The summed E-state index contributed by atoms with van der Waals surface area (Å²) >= 11 is 6.13. The van der Waals surface area contributed by atoms with Crippen LogP contribution in [0.2, 0.25) is 5.02 Å². The summed E-state index contributed by atoms with van der Waals surface area (Å²) in [7, 11) is 0. The van der Waals surface area contributed by atoms with Crippen molar-refractivity contribution in [2.45, 2.75) is 26.8 Å². The third-order valence-corrected chi connectivity index (χ3v) is 3.46. The van der Waals surface area contributed by atoms with Gasteiger partial charge in [0.1, 0.15) is 0 Å². The Kier molecular flexibility index (Phi) is 4.56. The Labute approximate surface area is 119 Å². The fourth-order valence-electron chi connectivity index (χ4n) is 2.18. The average molecular weight is 275 g/mol. The second-order valence-electron chi connectivity index (χ2n) is 4.72. The number of pyridine rings is 1. The molecule has 1 aromatic carbocycles. The van der Waals surface area contributed by atoms with Crippen LogP contribution in [-0.4, -0.2) is 11.5 Å². The van der Waals surface area contributed by atoms with Gasteiger partial charge in [0, 0.05) is 16.9 Å². The number of benzene rings is 1. The molecule has 0 aliphatic rings. The molecule has 0 amide bonds. The number of nitrogens with one attached hydrogen (secondary N) is 1. The molecule has 0 fully saturated rings. The number of nitrogens with zero attached hydrogens (tertiary/aromatic N) is 1. The predicted octanol–water partition coefficient (Wildman–Crippen LogP) is 4.05. The smallest absolute Gasteiger partial charge is 0.0595 e. The molecule has 100 valence electrons. The third kappa shape index (κ3) is 3.34. The minimum absolute atomic E-state index is 0.136. The van der Waals surface area contributed by atoms with Crippen LogP contribution in [0.3, 0.4) is 0 Å². The van der Waals surface area contributed by atoms with E-state index in [2.05, 4.69) is 36.3 Å². The molecule has 1 heterocycles. The molecule has 0 spiro atoms. The van der Waals surface area contributed by atoms with Crippen molar-refractivity contribution in [2.75, 3.05) is 6.54 Å². The molecule has 3 heteroatoms. The fourth-order valence-corrected chi connectivity index (χ4v) is 2.36. The van der Waals surface area contributed by atoms with Gasteiger partial charge in [-0.15, -0.1) is 0 Å². The molecule has 2 aromatic rings. The molecular formula is C16H19ClN2. The van der Waals surface area contributed by atoms with E-state index in [0.717, 1.165) is 22.8 Å². The maximum absolute atomic E-state index is 6.13. The van der Waals surface area contributed by atoms with Crippen LogP contribution in [-0.2, 0) is 0 Å². The molecule has 0 aliphatic carbocycles. The van der Waals surface area contributed by atoms with Crippen molar-refractivity contribution in [2.24, 2.45) is 0 Å². The van der Waals surface area contributed by atoms with Gasteiger partial charge in [-0.2, -0.15) is 0 Å². The van der Waals surface area contributed by atoms with Crippen LogP contribution in [0, 0.1) is 13.8 Å². The number of aryl methyl sites for hydroxylation is 2. The lowest BCUT2D eigenvalue weighted by molar-refractivity contribution is 0.625. The van der Waals surface area contributed by atoms with Crippen LogP contribution in [0.25, 0.3) is 0 Å². The summed E-state index contributed by atoms with van der Waals surface area (Å²) in [6, 6.07) is 10.3. The molecule has 0 aliphatic heterocycles. The number of hydrogen-bond donors (Lipinski definition) is 1. The first-order valence-electron chi connectivity index (χ1n) is 6.53. The number of hydrogen-bond acceptors (Lipinski definition) is 2. The van der Waals surface area contributed by atoms with E-state index in [1.165, 1.54) is 11.1 Å². The molecule has 2 nitrogen and oxygen atoms in total. The Hall–Kier alpha value is -1.38. The molecule has 19 heavy (non-hydrogen) atoms. The van der Waals surface area contributed by atoms with E-state index < -0.39 is 0 Å². The molecule has 1 atom stereocenters. The maximum atomic E-state index is 6.13. The number of rotatable bonds is 4. The normalized spacial score (nSPS) is 12.4. The molecule has 2 rings (SSSR count). The van der Waals surface area contributed by atoms with Crippen LogP contribution in [0.1, 0.15) is 35.3 Å². The van der Waals surface area contributed by atoms with Crippen LogP contribution in [0.15, 0.2) is 36.5 Å². The van der Waals surface area contributed by atoms with E-state index in [1.54, 1.807) is 0 Å². The minimum atomic E-state index is 0.136. The van der Waals surface area contributed by atoms with E-state index in [0.29, 0.717) is 0 Å². The zero-order chi connectivity index (χ0) is 13.8. The first kappa shape index (κ1) is 14.0. The Morgan fingerprint density at radius 3 is 2.63 bits per heavy atom. The molecular weight excluding hydrogens is 256 g/mol. The van der Waals surface area contributed by atoms with Crippen LogP contribution >= 0.6 is 11.6 Å². The van der Waals surface area contributed by atoms with Gasteiger partial charge in [0.2, 0.25) is 0 Å². The molecule has 0 saturated carbocycles. The number of halogens is 1. The Morgan fingerprint density at radius 1 is 1.21 bits per heavy atom. The molecule has 1 aromatic heterocycles. The summed E-state index contributed by atoms with van der Waals surface area (Å²) in [5.41, 5.74) is 4.63. The van der Waals surface area contributed by atoms with Gasteiger partial charge in [-0.1, -0.05) is 30.7 Å². The second kappa shape index (κ2) is 6.18. The Morgan fingerprint density at radius 2 is 2.00 bits per heavy atom. The van der Waals surface area contributed by atoms with E-state index in [1.807, 2.05) is 31.3 Å². The summed E-state index contributed by atoms with van der Waals surface area (Å²) in [6.45, 7) is 7.10. The van der Waals surface area contributed by atoms with Gasteiger partial charge in [-0.25, -0.2) is 0 Å². The highest BCUT2D eigenvalue weighted by Gasteiger charge is 2.15. The monoisotopic (exact) mass is 274 g/mol. The minimum Gasteiger partial charge on any atom is -0.306 e. The van der Waals surface area contributed by atoms with Crippen LogP contribution in [0.5, 0.6) is 0 Å². The lowest BCUT2D eigenvalue weighted by Gasteiger charge is -2.21. The first-order valence-corrected chi connectivity index (χ1v) is 6.91. The van der Waals surface area contributed by atoms with Crippen molar-refractivity contribution >= 4 is 11.6 Å². The van der Waals surface area contributed by atoms with Crippen molar-refractivity contribution in [3.8, 4) is 0 Å². The van der Waals surface area contributed by atoms with Gasteiger partial charge in [-0.05, 0) is 55.3 Å². The topological polar surface area (TPSA) is 24.9 Å². The molecule has 0 radical (unpaired) electrons. The fraction of sp³-hybridized carbons (Fsp3) is 0.312. The first-order chi connectivity index (χ1) is 9.11. The Balaban J connectivity index is 2.44. The van der Waals surface area contributed by atoms with Gasteiger partial charge in [0.15, 0.2) is 0 Å². The predicted molar refractivity (Wildman–Crippen MR) is 80.7 cm³/mol. The molecule has 0 bridgehead atoms. The van der Waals surface area contributed by atoms with Crippen LogP contribution in [0.4, 0.5) is 0 Å². The van der Waals surface area contributed by atoms with E-state index >= 15 is 0 Å². The van der Waals surface area contributed by atoms with E-state index in [4.69, 9.17) is 11.6 Å². The standard InChI is InChI=1S/C16H19ClN2/c1-4-18-16(13-7-6-12(3)19-10-13)15-9-14(17)8-5-11(15)2/h5-10,16,18H,4H2,1-3H3. The van der Waals surface area contributed by atoms with Gasteiger partial charge in [-0.3, -0.25) is 4.98 Å². The van der Waals surface area contributed by atoms with Crippen molar-refractivity contribution in [3.05, 3.63) is 63.9 Å². The third-order valence-electron chi connectivity index (χ3n) is 3.23. The molecule has 1 N–H and O–H groups in total. The van der Waals surface area contributed by atoms with E-state index in [-0.39, 0.29) is 6.04 Å². The van der Waals surface area contributed by atoms with Gasteiger partial charge >= 0.3 is 0 Å². The molecule has 0 saturated heterocycles. The Bertz CT molecular complexity index is 549. The average Bonchev–Trinajstić information content (AvgIpc) is 2.40. The SMILES string of the molecule is CCNC(c1ccc(C)nc1)c1cc(Cl)ccc1C. The van der Waals surface area contributed by atoms with Crippen molar-refractivity contribution in [3.63, 3.8) is 0 Å². The second-order valence-corrected chi connectivity index (χ2v) is 5.16. The molecule has 1 unspecified atom stereocenters. The number of aromatic nitrogens is 1. The highest BCUT2D eigenvalue weighted by Crippen LogP contribution is 2.27. The van der Waals surface area contributed by atoms with Crippen LogP contribution < -0.4 is 5.32 Å². The lowest BCUT2D eigenvalue weighted by atomic mass is 9.96. The lowest BCUT2D eigenvalue weighted by Crippen LogP contribution is -2.23. The highest BCUT2D eigenvalue weighted by molar-refractivity contribution is 6.30. The summed E-state index contributed by atoms with van der Waals surface area (Å²) in [6.07, 6.45) is 1.93. The summed E-state index contributed by atoms with van der Waals surface area (Å²) in [4.78, 5) is 4.39. The maximum Gasteiger partial charge on any atom is 0.0595 e. The van der Waals surface area contributed by atoms with Gasteiger partial charge < -0.3 is 5.32 Å². The van der Waals surface area contributed by atoms with Crippen molar-refractivity contribution in [1.82, 2.24) is 10.3 Å². The zero-order valence-corrected chi connectivity index (χ0v) is 12.3.